The van der Waals surface area contributed by atoms with Crippen LogP contribution < -0.4 is 5.56 Å². The molecule has 0 bridgehead atoms. The minimum Gasteiger partial charge on any atom is -0.296 e. The summed E-state index contributed by atoms with van der Waals surface area (Å²) in [4.78, 5) is 24.5. The maximum Gasteiger partial charge on any atom is 0.275 e. The number of para-hydroxylation sites is 1. The zero-order valence-corrected chi connectivity index (χ0v) is 16.6. The molecular weight excluding hydrogens is 378 g/mol. The van der Waals surface area contributed by atoms with Gasteiger partial charge in [0.05, 0.1) is 21.8 Å². The second kappa shape index (κ2) is 6.78. The summed E-state index contributed by atoms with van der Waals surface area (Å²) in [5.41, 5.74) is 1.73. The van der Waals surface area contributed by atoms with E-state index in [0.29, 0.717) is 10.9 Å². The summed E-state index contributed by atoms with van der Waals surface area (Å²) in [7, 11) is 0. The molecule has 3 aromatic heterocycles. The van der Waals surface area contributed by atoms with Crippen molar-refractivity contribution in [2.24, 2.45) is 0 Å². The van der Waals surface area contributed by atoms with Crippen molar-refractivity contribution in [2.45, 2.75) is 32.2 Å². The third-order valence-electron chi connectivity index (χ3n) is 4.94. The van der Waals surface area contributed by atoms with Crippen molar-refractivity contribution in [1.82, 2.24) is 24.5 Å². The van der Waals surface area contributed by atoms with Crippen LogP contribution in [0.25, 0.3) is 15.2 Å². The van der Waals surface area contributed by atoms with E-state index < -0.39 is 0 Å². The quantitative estimate of drug-likeness (QED) is 0.530. The Morgan fingerprint density at radius 2 is 2.11 bits per heavy atom. The van der Waals surface area contributed by atoms with Gasteiger partial charge in [0.25, 0.3) is 5.56 Å². The van der Waals surface area contributed by atoms with Gasteiger partial charge in [-0.25, -0.2) is 9.97 Å². The van der Waals surface area contributed by atoms with Crippen LogP contribution >= 0.6 is 22.7 Å². The molecule has 4 heterocycles. The minimum atomic E-state index is -0.106. The van der Waals surface area contributed by atoms with E-state index in [1.54, 1.807) is 0 Å². The van der Waals surface area contributed by atoms with Crippen LogP contribution in [0.2, 0.25) is 0 Å². The van der Waals surface area contributed by atoms with Crippen LogP contribution in [0.4, 0.5) is 0 Å². The number of nitrogens with zero attached hydrogens (tertiary/aromatic N) is 5. The first-order chi connectivity index (χ1) is 13.2. The highest BCUT2D eigenvalue weighted by Gasteiger charge is 2.25. The predicted molar refractivity (Wildman–Crippen MR) is 109 cm³/mol. The van der Waals surface area contributed by atoms with Crippen molar-refractivity contribution in [3.05, 3.63) is 56.4 Å². The molecule has 1 aliphatic rings. The minimum absolute atomic E-state index is 0.106. The smallest absolute Gasteiger partial charge is 0.275 e. The molecule has 1 aliphatic heterocycles. The molecular formula is C19H19N5OS2. The number of likely N-dealkylation sites (tertiary alicyclic amines) is 1. The van der Waals surface area contributed by atoms with Crippen LogP contribution in [0.1, 0.15) is 34.5 Å². The molecule has 5 rings (SSSR count). The molecule has 1 saturated heterocycles. The van der Waals surface area contributed by atoms with Gasteiger partial charge in [0.15, 0.2) is 0 Å². The van der Waals surface area contributed by atoms with Gasteiger partial charge >= 0.3 is 0 Å². The Morgan fingerprint density at radius 3 is 3.00 bits per heavy atom. The molecule has 1 aromatic carbocycles. The molecule has 6 nitrogen and oxygen atoms in total. The van der Waals surface area contributed by atoms with Crippen molar-refractivity contribution in [2.75, 3.05) is 13.1 Å². The number of fused-ring (bicyclic) bond motifs is 2. The molecule has 0 N–H and O–H groups in total. The van der Waals surface area contributed by atoms with E-state index in [9.17, 15) is 4.79 Å². The number of hydrogen-bond donors (Lipinski definition) is 0. The van der Waals surface area contributed by atoms with Crippen molar-refractivity contribution in [3.63, 3.8) is 0 Å². The zero-order valence-electron chi connectivity index (χ0n) is 15.0. The van der Waals surface area contributed by atoms with Gasteiger partial charge in [-0.2, -0.15) is 9.61 Å². The van der Waals surface area contributed by atoms with Crippen molar-refractivity contribution in [3.8, 4) is 0 Å². The lowest BCUT2D eigenvalue weighted by Gasteiger charge is -2.30. The van der Waals surface area contributed by atoms with Crippen molar-refractivity contribution >= 4 is 37.9 Å². The molecule has 0 aliphatic carbocycles. The van der Waals surface area contributed by atoms with Gasteiger partial charge in [-0.3, -0.25) is 9.69 Å². The number of hydrogen-bond acceptors (Lipinski definition) is 7. The Balaban J connectivity index is 1.36. The summed E-state index contributed by atoms with van der Waals surface area (Å²) in [5.74, 6) is 0.466. The highest BCUT2D eigenvalue weighted by atomic mass is 32.1. The van der Waals surface area contributed by atoms with Gasteiger partial charge in [-0.05, 0) is 38.4 Å². The zero-order chi connectivity index (χ0) is 18.4. The Bertz CT molecular complexity index is 1140. The molecule has 0 radical (unpaired) electrons. The Morgan fingerprint density at radius 1 is 1.22 bits per heavy atom. The predicted octanol–water partition coefficient (Wildman–Crippen LogP) is 3.45. The van der Waals surface area contributed by atoms with Crippen molar-refractivity contribution < 1.29 is 0 Å². The lowest BCUT2D eigenvalue weighted by Crippen LogP contribution is -2.33. The number of rotatable bonds is 3. The van der Waals surface area contributed by atoms with E-state index in [1.165, 1.54) is 38.0 Å². The van der Waals surface area contributed by atoms with Crippen LogP contribution in [0.5, 0.6) is 0 Å². The second-order valence-electron chi connectivity index (χ2n) is 7.02. The molecule has 0 amide bonds. The highest BCUT2D eigenvalue weighted by Crippen LogP contribution is 2.33. The summed E-state index contributed by atoms with van der Waals surface area (Å²) < 4.78 is 2.68. The van der Waals surface area contributed by atoms with Gasteiger partial charge in [0.1, 0.15) is 5.01 Å². The third-order valence-corrected chi connectivity index (χ3v) is 7.03. The average Bonchev–Trinajstić information content (AvgIpc) is 3.25. The SMILES string of the molecule is Cc1cc(=O)n2nc(CN3CCC[C@@H](c4nc5ccccc5s4)C3)sc2n1. The Hall–Kier alpha value is -2.16. The third kappa shape index (κ3) is 3.28. The lowest BCUT2D eigenvalue weighted by molar-refractivity contribution is 0.199. The van der Waals surface area contributed by atoms with Crippen LogP contribution in [0.15, 0.2) is 35.1 Å². The number of aryl methyl sites for hydroxylation is 1. The molecule has 0 unspecified atom stereocenters. The number of benzene rings is 1. The molecule has 0 saturated carbocycles. The molecule has 1 atom stereocenters. The van der Waals surface area contributed by atoms with E-state index in [2.05, 4.69) is 33.2 Å². The first-order valence-corrected chi connectivity index (χ1v) is 10.7. The van der Waals surface area contributed by atoms with Crippen LogP contribution in [-0.2, 0) is 6.54 Å². The largest absolute Gasteiger partial charge is 0.296 e. The molecule has 8 heteroatoms. The lowest BCUT2D eigenvalue weighted by atomic mass is 9.99. The summed E-state index contributed by atoms with van der Waals surface area (Å²) >= 11 is 3.32. The number of aromatic nitrogens is 4. The topological polar surface area (TPSA) is 63.4 Å². The fourth-order valence-corrected chi connectivity index (χ4v) is 5.76. The van der Waals surface area contributed by atoms with Crippen LogP contribution in [-0.4, -0.2) is 37.6 Å². The van der Waals surface area contributed by atoms with Gasteiger partial charge in [-0.1, -0.05) is 23.5 Å². The van der Waals surface area contributed by atoms with Gasteiger partial charge in [-0.15, -0.1) is 11.3 Å². The molecule has 1 fully saturated rings. The van der Waals surface area contributed by atoms with E-state index >= 15 is 0 Å². The van der Waals surface area contributed by atoms with E-state index in [0.717, 1.165) is 42.3 Å². The van der Waals surface area contributed by atoms with E-state index in [1.807, 2.05) is 24.3 Å². The summed E-state index contributed by atoms with van der Waals surface area (Å²) in [6.07, 6.45) is 2.33. The van der Waals surface area contributed by atoms with Gasteiger partial charge in [0, 0.05) is 24.2 Å². The fourth-order valence-electron chi connectivity index (χ4n) is 3.68. The molecule has 0 spiro atoms. The maximum absolute atomic E-state index is 12.1. The van der Waals surface area contributed by atoms with Gasteiger partial charge < -0.3 is 0 Å². The normalized spacial score (nSPS) is 18.5. The molecule has 27 heavy (non-hydrogen) atoms. The highest BCUT2D eigenvalue weighted by molar-refractivity contribution is 7.18. The fraction of sp³-hybridized carbons (Fsp3) is 0.368. The van der Waals surface area contributed by atoms with Crippen LogP contribution in [0, 0.1) is 6.92 Å². The van der Waals surface area contributed by atoms with Crippen LogP contribution in [0.3, 0.4) is 0 Å². The maximum atomic E-state index is 12.1. The first-order valence-electron chi connectivity index (χ1n) is 9.10. The Kier molecular flexibility index (Phi) is 4.26. The standard InChI is InChI=1S/C19H19N5OS2/c1-12-9-17(25)24-19(20-12)27-16(22-24)11-23-8-4-5-13(10-23)18-21-14-6-2-3-7-15(14)26-18/h2-3,6-7,9,13H,4-5,8,10-11H2,1H3/t13-/m1/s1. The van der Waals surface area contributed by atoms with E-state index in [4.69, 9.17) is 4.98 Å². The first kappa shape index (κ1) is 17.0. The number of thiazole rings is 1. The average molecular weight is 398 g/mol. The summed E-state index contributed by atoms with van der Waals surface area (Å²) in [5, 5.41) is 6.66. The molecule has 4 aromatic rings. The second-order valence-corrected chi connectivity index (χ2v) is 9.12. The number of piperidine rings is 1. The molecule has 138 valence electrons. The van der Waals surface area contributed by atoms with Crippen molar-refractivity contribution in [1.29, 1.82) is 0 Å². The van der Waals surface area contributed by atoms with Gasteiger partial charge in [0.2, 0.25) is 4.96 Å². The monoisotopic (exact) mass is 397 g/mol. The summed E-state index contributed by atoms with van der Waals surface area (Å²) in [6.45, 7) is 4.64. The Labute approximate surface area is 164 Å². The van der Waals surface area contributed by atoms with E-state index in [-0.39, 0.29) is 5.56 Å². The summed E-state index contributed by atoms with van der Waals surface area (Å²) in [6, 6.07) is 9.88.